The Morgan fingerprint density at radius 1 is 1.73 bits per heavy atom. The van der Waals surface area contributed by atoms with Crippen molar-refractivity contribution in [2.75, 3.05) is 0 Å². The molecule has 2 nitrogen and oxygen atoms in total. The molecule has 0 aromatic carbocycles. The van der Waals surface area contributed by atoms with Crippen molar-refractivity contribution in [3.63, 3.8) is 0 Å². The second-order valence-corrected chi connectivity index (χ2v) is 3.71. The molecular weight excluding hydrogens is 183 g/mol. The number of hydrogen-bond acceptors (Lipinski definition) is 2. The van der Waals surface area contributed by atoms with E-state index >= 15 is 0 Å². The molecule has 0 radical (unpaired) electrons. The molecule has 62 valence electrons. The number of nitrogens with zero attached hydrogens (tertiary/aromatic N) is 1. The summed E-state index contributed by atoms with van der Waals surface area (Å²) in [5.41, 5.74) is 5.91. The summed E-state index contributed by atoms with van der Waals surface area (Å²) in [6, 6.07) is 0. The van der Waals surface area contributed by atoms with E-state index in [9.17, 15) is 0 Å². The molecular formula is C7H10Cl2N2. The zero-order valence-corrected chi connectivity index (χ0v) is 7.95. The van der Waals surface area contributed by atoms with Gasteiger partial charge in [-0.05, 0) is 13.8 Å². The van der Waals surface area contributed by atoms with Crippen molar-refractivity contribution < 1.29 is 0 Å². The number of alkyl halides is 1. The largest absolute Gasteiger partial charge is 0.319 e. The van der Waals surface area contributed by atoms with Crippen LogP contribution in [0, 0.1) is 0 Å². The standard InChI is InChI=1S/C7H10Cl2N2/c1-4-6(9)7(2,10)5(8)3-11-4/h3,5H,10H2,1-2H3. The van der Waals surface area contributed by atoms with E-state index in [-0.39, 0.29) is 5.38 Å². The van der Waals surface area contributed by atoms with Gasteiger partial charge in [-0.2, -0.15) is 0 Å². The Bertz CT molecular complexity index is 231. The maximum atomic E-state index is 5.91. The minimum Gasteiger partial charge on any atom is -0.319 e. The lowest BCUT2D eigenvalue weighted by atomic mass is 9.96. The van der Waals surface area contributed by atoms with Crippen molar-refractivity contribution >= 4 is 29.4 Å². The monoisotopic (exact) mass is 192 g/mol. The Morgan fingerprint density at radius 3 is 2.73 bits per heavy atom. The van der Waals surface area contributed by atoms with E-state index in [2.05, 4.69) is 4.99 Å². The number of nitrogens with two attached hydrogens (primary N) is 1. The van der Waals surface area contributed by atoms with Crippen LogP contribution in [-0.2, 0) is 0 Å². The zero-order valence-electron chi connectivity index (χ0n) is 6.44. The minimum absolute atomic E-state index is 0.321. The van der Waals surface area contributed by atoms with Gasteiger partial charge in [-0.1, -0.05) is 11.6 Å². The topological polar surface area (TPSA) is 38.4 Å². The van der Waals surface area contributed by atoms with Gasteiger partial charge in [-0.15, -0.1) is 11.6 Å². The van der Waals surface area contributed by atoms with E-state index in [0.29, 0.717) is 5.03 Å². The van der Waals surface area contributed by atoms with Gasteiger partial charge in [0, 0.05) is 6.21 Å². The Labute approximate surface area is 76.1 Å². The fourth-order valence-corrected chi connectivity index (χ4v) is 1.29. The first-order chi connectivity index (χ1) is 4.96. The van der Waals surface area contributed by atoms with Gasteiger partial charge >= 0.3 is 0 Å². The van der Waals surface area contributed by atoms with E-state index in [4.69, 9.17) is 28.9 Å². The summed E-state index contributed by atoms with van der Waals surface area (Å²) in [4.78, 5) is 4.00. The lowest BCUT2D eigenvalue weighted by molar-refractivity contribution is 0.596. The predicted molar refractivity (Wildman–Crippen MR) is 49.3 cm³/mol. The molecule has 0 aliphatic carbocycles. The minimum atomic E-state index is -0.672. The highest BCUT2D eigenvalue weighted by atomic mass is 35.5. The lowest BCUT2D eigenvalue weighted by Crippen LogP contribution is -2.48. The van der Waals surface area contributed by atoms with Gasteiger partial charge < -0.3 is 5.73 Å². The fraction of sp³-hybridized carbons (Fsp3) is 0.571. The molecule has 0 fully saturated rings. The zero-order chi connectivity index (χ0) is 8.65. The molecule has 2 atom stereocenters. The second-order valence-electron chi connectivity index (χ2n) is 2.86. The van der Waals surface area contributed by atoms with Crippen LogP contribution in [0.5, 0.6) is 0 Å². The average Bonchev–Trinajstić information content (AvgIpc) is 1.95. The summed E-state index contributed by atoms with van der Waals surface area (Å²) in [6.07, 6.45) is 1.61. The van der Waals surface area contributed by atoms with Gasteiger partial charge in [0.1, 0.15) is 0 Å². The average molecular weight is 193 g/mol. The lowest BCUT2D eigenvalue weighted by Gasteiger charge is -2.30. The second kappa shape index (κ2) is 2.77. The van der Waals surface area contributed by atoms with Gasteiger partial charge in [0.2, 0.25) is 0 Å². The Hall–Kier alpha value is -0.0500. The summed E-state index contributed by atoms with van der Waals surface area (Å²) >= 11 is 11.8. The first-order valence-corrected chi connectivity index (χ1v) is 4.11. The number of rotatable bonds is 0. The highest BCUT2D eigenvalue weighted by Crippen LogP contribution is 2.30. The molecule has 1 rings (SSSR count). The third-order valence-corrected chi connectivity index (χ3v) is 3.01. The highest BCUT2D eigenvalue weighted by Gasteiger charge is 2.34. The van der Waals surface area contributed by atoms with Crippen molar-refractivity contribution in [1.29, 1.82) is 0 Å². The van der Waals surface area contributed by atoms with Crippen molar-refractivity contribution in [2.24, 2.45) is 10.7 Å². The summed E-state index contributed by atoms with van der Waals surface area (Å²) in [5.74, 6) is 0. The van der Waals surface area contributed by atoms with Crippen molar-refractivity contribution in [3.8, 4) is 0 Å². The smallest absolute Gasteiger partial charge is 0.0915 e. The Kier molecular flexibility index (Phi) is 2.28. The predicted octanol–water partition coefficient (Wildman–Crippen LogP) is 1.87. The molecule has 4 heteroatoms. The first kappa shape index (κ1) is 9.04. The molecule has 0 amide bonds. The molecule has 0 aromatic heterocycles. The number of aliphatic imine (C=N–C) groups is 1. The molecule has 0 bridgehead atoms. The van der Waals surface area contributed by atoms with E-state index in [1.807, 2.05) is 6.92 Å². The van der Waals surface area contributed by atoms with E-state index < -0.39 is 5.54 Å². The summed E-state index contributed by atoms with van der Waals surface area (Å²) in [5, 5.41) is 0.221. The van der Waals surface area contributed by atoms with Crippen LogP contribution in [0.25, 0.3) is 0 Å². The summed E-state index contributed by atoms with van der Waals surface area (Å²) in [6.45, 7) is 3.61. The normalized spacial score (nSPS) is 38.1. The van der Waals surface area contributed by atoms with E-state index in [1.54, 1.807) is 13.1 Å². The molecule has 1 aliphatic heterocycles. The number of halogens is 2. The third kappa shape index (κ3) is 1.43. The first-order valence-electron chi connectivity index (χ1n) is 3.30. The molecule has 1 heterocycles. The van der Waals surface area contributed by atoms with E-state index in [1.165, 1.54) is 0 Å². The van der Waals surface area contributed by atoms with Gasteiger partial charge in [0.15, 0.2) is 0 Å². The number of hydrogen-bond donors (Lipinski definition) is 1. The van der Waals surface area contributed by atoms with Crippen LogP contribution >= 0.6 is 23.2 Å². The van der Waals surface area contributed by atoms with E-state index in [0.717, 1.165) is 5.70 Å². The van der Waals surface area contributed by atoms with Crippen LogP contribution in [0.4, 0.5) is 0 Å². The van der Waals surface area contributed by atoms with Crippen LogP contribution in [0.1, 0.15) is 13.8 Å². The summed E-state index contributed by atoms with van der Waals surface area (Å²) < 4.78 is 0. The van der Waals surface area contributed by atoms with Crippen LogP contribution in [0.15, 0.2) is 15.7 Å². The van der Waals surface area contributed by atoms with Crippen molar-refractivity contribution in [3.05, 3.63) is 10.7 Å². The Morgan fingerprint density at radius 2 is 2.27 bits per heavy atom. The molecule has 2 unspecified atom stereocenters. The van der Waals surface area contributed by atoms with Gasteiger partial charge in [0.25, 0.3) is 0 Å². The molecule has 2 N–H and O–H groups in total. The quantitative estimate of drug-likeness (QED) is 0.586. The van der Waals surface area contributed by atoms with Crippen LogP contribution < -0.4 is 5.73 Å². The molecule has 1 aliphatic rings. The van der Waals surface area contributed by atoms with Crippen LogP contribution in [0.3, 0.4) is 0 Å². The third-order valence-electron chi connectivity index (χ3n) is 1.76. The molecule has 0 saturated heterocycles. The highest BCUT2D eigenvalue weighted by molar-refractivity contribution is 6.36. The molecule has 0 aromatic rings. The SMILES string of the molecule is CC1=C(Cl)C(C)(N)C(Cl)C=N1. The van der Waals surface area contributed by atoms with Crippen molar-refractivity contribution in [2.45, 2.75) is 24.8 Å². The fourth-order valence-electron chi connectivity index (χ4n) is 0.900. The van der Waals surface area contributed by atoms with Gasteiger partial charge in [0.05, 0.1) is 21.6 Å². The van der Waals surface area contributed by atoms with Crippen LogP contribution in [0.2, 0.25) is 0 Å². The number of allylic oxidation sites excluding steroid dienone is 1. The van der Waals surface area contributed by atoms with Gasteiger partial charge in [-0.3, -0.25) is 4.99 Å². The molecule has 0 spiro atoms. The molecule has 0 saturated carbocycles. The van der Waals surface area contributed by atoms with Crippen molar-refractivity contribution in [1.82, 2.24) is 0 Å². The Balaban J connectivity index is 3.07. The maximum Gasteiger partial charge on any atom is 0.0915 e. The summed E-state index contributed by atoms with van der Waals surface area (Å²) in [7, 11) is 0. The van der Waals surface area contributed by atoms with Crippen LogP contribution in [-0.4, -0.2) is 17.1 Å². The van der Waals surface area contributed by atoms with Gasteiger partial charge in [-0.25, -0.2) is 0 Å². The molecule has 11 heavy (non-hydrogen) atoms. The maximum absolute atomic E-state index is 5.91.